The van der Waals surface area contributed by atoms with Gasteiger partial charge in [-0.3, -0.25) is 0 Å². The molecule has 2 nitrogen and oxygen atoms in total. The number of phenols is 1. The molecular formula is C15H13Cl2NO. The fourth-order valence-electron chi connectivity index (χ4n) is 2.55. The highest BCUT2D eigenvalue weighted by Gasteiger charge is 2.21. The zero-order chi connectivity index (χ0) is 13.4. The van der Waals surface area contributed by atoms with Crippen LogP contribution in [0.5, 0.6) is 5.75 Å². The summed E-state index contributed by atoms with van der Waals surface area (Å²) in [5.41, 5.74) is 3.61. The molecule has 19 heavy (non-hydrogen) atoms. The van der Waals surface area contributed by atoms with Gasteiger partial charge in [0.15, 0.2) is 5.75 Å². The molecule has 0 spiro atoms. The lowest BCUT2D eigenvalue weighted by Crippen LogP contribution is -2.19. The first-order valence-corrected chi connectivity index (χ1v) is 6.90. The van der Waals surface area contributed by atoms with Crippen LogP contribution in [0.2, 0.25) is 10.0 Å². The van der Waals surface area contributed by atoms with Gasteiger partial charge in [0, 0.05) is 11.7 Å². The van der Waals surface area contributed by atoms with E-state index in [1.807, 2.05) is 0 Å². The van der Waals surface area contributed by atoms with Crippen molar-refractivity contribution in [3.63, 3.8) is 0 Å². The molecule has 0 radical (unpaired) electrons. The van der Waals surface area contributed by atoms with Gasteiger partial charge in [0.2, 0.25) is 0 Å². The summed E-state index contributed by atoms with van der Waals surface area (Å²) in [5.74, 6) is -0.0661. The van der Waals surface area contributed by atoms with Gasteiger partial charge in [-0.1, -0.05) is 47.5 Å². The van der Waals surface area contributed by atoms with Crippen molar-refractivity contribution in [2.45, 2.75) is 18.9 Å². The molecular weight excluding hydrogens is 281 g/mol. The van der Waals surface area contributed by atoms with Gasteiger partial charge in [0.25, 0.3) is 0 Å². The van der Waals surface area contributed by atoms with E-state index in [1.54, 1.807) is 12.1 Å². The van der Waals surface area contributed by atoms with E-state index < -0.39 is 0 Å². The van der Waals surface area contributed by atoms with E-state index in [2.05, 4.69) is 29.6 Å². The first-order valence-electron chi connectivity index (χ1n) is 6.15. The molecule has 0 unspecified atom stereocenters. The molecule has 2 N–H and O–H groups in total. The number of hydrogen-bond acceptors (Lipinski definition) is 2. The van der Waals surface area contributed by atoms with Crippen LogP contribution in [0.4, 0.5) is 5.69 Å². The summed E-state index contributed by atoms with van der Waals surface area (Å²) in [6, 6.07) is 12.2. The summed E-state index contributed by atoms with van der Waals surface area (Å²) in [5, 5.41) is 13.5. The molecule has 0 aromatic heterocycles. The quantitative estimate of drug-likeness (QED) is 0.810. The summed E-state index contributed by atoms with van der Waals surface area (Å²) < 4.78 is 0. The van der Waals surface area contributed by atoms with Crippen LogP contribution in [0.15, 0.2) is 36.4 Å². The van der Waals surface area contributed by atoms with Gasteiger partial charge in [-0.2, -0.15) is 0 Å². The van der Waals surface area contributed by atoms with Gasteiger partial charge in [0.1, 0.15) is 0 Å². The third kappa shape index (κ3) is 2.51. The van der Waals surface area contributed by atoms with Crippen LogP contribution in [-0.2, 0) is 12.8 Å². The van der Waals surface area contributed by atoms with Crippen molar-refractivity contribution < 1.29 is 5.11 Å². The molecule has 2 aromatic rings. The first kappa shape index (κ1) is 12.6. The van der Waals surface area contributed by atoms with Crippen LogP contribution in [0.3, 0.4) is 0 Å². The predicted molar refractivity (Wildman–Crippen MR) is 79.4 cm³/mol. The fraction of sp³-hybridized carbons (Fsp3) is 0.200. The largest absolute Gasteiger partial charge is 0.505 e. The minimum atomic E-state index is -0.0661. The first-order chi connectivity index (χ1) is 9.13. The Morgan fingerprint density at radius 1 is 1.00 bits per heavy atom. The van der Waals surface area contributed by atoms with Crippen molar-refractivity contribution in [1.82, 2.24) is 0 Å². The zero-order valence-electron chi connectivity index (χ0n) is 10.2. The average Bonchev–Trinajstić information content (AvgIpc) is 2.78. The van der Waals surface area contributed by atoms with Crippen LogP contribution in [0.1, 0.15) is 11.1 Å². The van der Waals surface area contributed by atoms with Crippen LogP contribution >= 0.6 is 23.2 Å². The van der Waals surface area contributed by atoms with Gasteiger partial charge in [-0.25, -0.2) is 0 Å². The van der Waals surface area contributed by atoms with E-state index in [0.717, 1.165) is 18.5 Å². The predicted octanol–water partition coefficient (Wildman–Crippen LogP) is 4.28. The van der Waals surface area contributed by atoms with E-state index in [0.29, 0.717) is 6.04 Å². The smallest absolute Gasteiger partial charge is 0.152 e. The summed E-state index contributed by atoms with van der Waals surface area (Å²) in [6.45, 7) is 0. The number of benzene rings is 2. The highest BCUT2D eigenvalue weighted by atomic mass is 35.5. The summed E-state index contributed by atoms with van der Waals surface area (Å²) in [7, 11) is 0. The Bertz CT molecular complexity index is 579. The summed E-state index contributed by atoms with van der Waals surface area (Å²) in [4.78, 5) is 0. The number of fused-ring (bicyclic) bond motifs is 1. The topological polar surface area (TPSA) is 32.3 Å². The molecule has 0 saturated heterocycles. The molecule has 0 amide bonds. The van der Waals surface area contributed by atoms with Crippen LogP contribution in [0.25, 0.3) is 0 Å². The number of rotatable bonds is 2. The van der Waals surface area contributed by atoms with Gasteiger partial charge in [0.05, 0.1) is 10.0 Å². The molecule has 0 bridgehead atoms. The lowest BCUT2D eigenvalue weighted by atomic mass is 10.1. The number of phenolic OH excluding ortho intramolecular Hbond substituents is 1. The van der Waals surface area contributed by atoms with E-state index in [9.17, 15) is 5.11 Å². The van der Waals surface area contributed by atoms with Crippen LogP contribution in [0, 0.1) is 0 Å². The Kier molecular flexibility index (Phi) is 3.29. The maximum absolute atomic E-state index is 9.54. The number of nitrogens with one attached hydrogen (secondary N) is 1. The fourth-order valence-corrected chi connectivity index (χ4v) is 3.03. The molecule has 1 aliphatic rings. The maximum Gasteiger partial charge on any atom is 0.152 e. The molecule has 1 aliphatic carbocycles. The molecule has 0 atom stereocenters. The van der Waals surface area contributed by atoms with E-state index in [1.165, 1.54) is 11.1 Å². The Morgan fingerprint density at radius 3 is 2.05 bits per heavy atom. The standard InChI is InChI=1S/C15H13Cl2NO/c16-13-7-12(8-14(17)15(13)19)18-11-5-9-3-1-2-4-10(9)6-11/h1-4,7-8,11,18-19H,5-6H2. The minimum absolute atomic E-state index is 0.0661. The Balaban J connectivity index is 1.78. The highest BCUT2D eigenvalue weighted by molar-refractivity contribution is 6.37. The second kappa shape index (κ2) is 4.95. The molecule has 0 saturated carbocycles. The van der Waals surface area contributed by atoms with Gasteiger partial charge < -0.3 is 10.4 Å². The van der Waals surface area contributed by atoms with Crippen molar-refractivity contribution >= 4 is 28.9 Å². The van der Waals surface area contributed by atoms with Gasteiger partial charge >= 0.3 is 0 Å². The van der Waals surface area contributed by atoms with Gasteiger partial charge in [-0.05, 0) is 36.1 Å². The minimum Gasteiger partial charge on any atom is -0.505 e. The molecule has 0 fully saturated rings. The summed E-state index contributed by atoms with van der Waals surface area (Å²) >= 11 is 11.8. The number of anilines is 1. The highest BCUT2D eigenvalue weighted by Crippen LogP contribution is 2.35. The molecule has 98 valence electrons. The maximum atomic E-state index is 9.54. The number of aromatic hydroxyl groups is 1. The second-order valence-electron chi connectivity index (χ2n) is 4.81. The van der Waals surface area contributed by atoms with E-state index >= 15 is 0 Å². The molecule has 0 aliphatic heterocycles. The van der Waals surface area contributed by atoms with Crippen molar-refractivity contribution in [3.8, 4) is 5.75 Å². The van der Waals surface area contributed by atoms with Crippen molar-refractivity contribution in [1.29, 1.82) is 0 Å². The average molecular weight is 294 g/mol. The van der Waals surface area contributed by atoms with E-state index in [-0.39, 0.29) is 15.8 Å². The third-order valence-electron chi connectivity index (χ3n) is 3.44. The summed E-state index contributed by atoms with van der Waals surface area (Å²) in [6.07, 6.45) is 1.98. The number of hydrogen-bond donors (Lipinski definition) is 2. The second-order valence-corrected chi connectivity index (χ2v) is 5.62. The molecule has 0 heterocycles. The van der Waals surface area contributed by atoms with Crippen LogP contribution < -0.4 is 5.32 Å². The van der Waals surface area contributed by atoms with Crippen molar-refractivity contribution in [3.05, 3.63) is 57.6 Å². The van der Waals surface area contributed by atoms with Crippen molar-refractivity contribution in [2.75, 3.05) is 5.32 Å². The SMILES string of the molecule is Oc1c(Cl)cc(NC2Cc3ccccc3C2)cc1Cl. The lowest BCUT2D eigenvalue weighted by molar-refractivity contribution is 0.476. The molecule has 4 heteroatoms. The zero-order valence-corrected chi connectivity index (χ0v) is 11.7. The Labute approximate surface area is 122 Å². The lowest BCUT2D eigenvalue weighted by Gasteiger charge is -2.14. The Hall–Kier alpha value is -1.38. The number of halogens is 2. The normalized spacial score (nSPS) is 14.4. The van der Waals surface area contributed by atoms with Crippen molar-refractivity contribution in [2.24, 2.45) is 0 Å². The third-order valence-corrected chi connectivity index (χ3v) is 4.01. The Morgan fingerprint density at radius 2 is 1.53 bits per heavy atom. The molecule has 2 aromatic carbocycles. The molecule has 3 rings (SSSR count). The van der Waals surface area contributed by atoms with E-state index in [4.69, 9.17) is 23.2 Å². The monoisotopic (exact) mass is 293 g/mol. The van der Waals surface area contributed by atoms with Crippen LogP contribution in [-0.4, -0.2) is 11.1 Å². The van der Waals surface area contributed by atoms with Gasteiger partial charge in [-0.15, -0.1) is 0 Å².